The van der Waals surface area contributed by atoms with E-state index in [0.29, 0.717) is 37.4 Å². The standard InChI is InChI=1S/C46H72N4O12/c1-26(2)33-30(24-28-17-18-29(23-27(28)3)56-22-16-20-48-21-19-32(47)51)37(50-49-33)62-38-36(61-42(55)46(13,14)15)35(60-41(54)45(10,11)12)34(59-40(53)44(7,8)9)31(58-38)25-57-39(52)43(4,5)6/h17-18,23,26,31,34-36,38,48H,16,19-22,24-25H2,1-15H3,(H2,47,51)(H,49,50)/t31-,34-,35+,36-,38+/m1/s1. The van der Waals surface area contributed by atoms with E-state index in [-0.39, 0.29) is 24.1 Å². The third kappa shape index (κ3) is 15.0. The fourth-order valence-electron chi connectivity index (χ4n) is 5.87. The zero-order valence-corrected chi connectivity index (χ0v) is 39.6. The molecule has 1 aromatic carbocycles. The molecular formula is C46H72N4O12. The van der Waals surface area contributed by atoms with Crippen LogP contribution in [-0.2, 0) is 54.1 Å². The molecule has 16 nitrogen and oxygen atoms in total. The van der Waals surface area contributed by atoms with Gasteiger partial charge in [-0.05, 0) is 132 Å². The van der Waals surface area contributed by atoms with Gasteiger partial charge in [0.25, 0.3) is 0 Å². The number of primary amides is 1. The maximum atomic E-state index is 13.8. The Labute approximate surface area is 367 Å². The molecule has 2 heterocycles. The number of nitrogens with one attached hydrogen (secondary N) is 2. The first-order valence-corrected chi connectivity index (χ1v) is 21.4. The third-order valence-corrected chi connectivity index (χ3v) is 9.81. The van der Waals surface area contributed by atoms with Gasteiger partial charge >= 0.3 is 23.9 Å². The lowest BCUT2D eigenvalue weighted by molar-refractivity contribution is -0.294. The van der Waals surface area contributed by atoms with Crippen LogP contribution in [0.25, 0.3) is 0 Å². The van der Waals surface area contributed by atoms with Crippen molar-refractivity contribution in [3.63, 3.8) is 0 Å². The van der Waals surface area contributed by atoms with Gasteiger partial charge in [-0.25, -0.2) is 0 Å². The van der Waals surface area contributed by atoms with Crippen molar-refractivity contribution in [1.82, 2.24) is 15.5 Å². The van der Waals surface area contributed by atoms with Gasteiger partial charge in [-0.15, -0.1) is 5.10 Å². The van der Waals surface area contributed by atoms with Crippen LogP contribution in [0, 0.1) is 28.6 Å². The molecule has 0 unspecified atom stereocenters. The predicted molar refractivity (Wildman–Crippen MR) is 231 cm³/mol. The molecule has 1 amide bonds. The Balaban J connectivity index is 2.10. The molecule has 2 aromatic rings. The van der Waals surface area contributed by atoms with Crippen LogP contribution in [0.15, 0.2) is 18.2 Å². The summed E-state index contributed by atoms with van der Waals surface area (Å²) in [5.41, 5.74) is 4.62. The summed E-state index contributed by atoms with van der Waals surface area (Å²) in [6.07, 6.45) is -5.77. The monoisotopic (exact) mass is 873 g/mol. The second-order valence-corrected chi connectivity index (χ2v) is 20.4. The molecule has 0 aliphatic carbocycles. The minimum Gasteiger partial charge on any atom is -0.494 e. The lowest BCUT2D eigenvalue weighted by Crippen LogP contribution is -2.65. The van der Waals surface area contributed by atoms with Gasteiger partial charge in [0.05, 0.1) is 28.3 Å². The van der Waals surface area contributed by atoms with Crippen molar-refractivity contribution in [3.05, 3.63) is 40.6 Å². The van der Waals surface area contributed by atoms with Crippen molar-refractivity contribution >= 4 is 29.8 Å². The highest BCUT2D eigenvalue weighted by Crippen LogP contribution is 2.37. The second-order valence-electron chi connectivity index (χ2n) is 20.4. The number of amides is 1. The lowest BCUT2D eigenvalue weighted by Gasteiger charge is -2.45. The molecule has 1 aromatic heterocycles. The summed E-state index contributed by atoms with van der Waals surface area (Å²) in [5.74, 6) is -2.10. The van der Waals surface area contributed by atoms with Crippen LogP contribution in [0.4, 0.5) is 0 Å². The summed E-state index contributed by atoms with van der Waals surface area (Å²) in [4.78, 5) is 65.2. The normalized spacial score (nSPS) is 19.7. The van der Waals surface area contributed by atoms with Gasteiger partial charge in [0.15, 0.2) is 12.2 Å². The van der Waals surface area contributed by atoms with E-state index in [1.807, 2.05) is 39.0 Å². The Morgan fingerprint density at radius 3 is 1.85 bits per heavy atom. The van der Waals surface area contributed by atoms with Gasteiger partial charge in [-0.3, -0.25) is 29.1 Å². The van der Waals surface area contributed by atoms with Crippen molar-refractivity contribution in [2.24, 2.45) is 27.4 Å². The highest BCUT2D eigenvalue weighted by atomic mass is 16.7. The number of hydrogen-bond acceptors (Lipinski definition) is 14. The third-order valence-electron chi connectivity index (χ3n) is 9.81. The largest absolute Gasteiger partial charge is 0.494 e. The molecule has 1 saturated heterocycles. The van der Waals surface area contributed by atoms with E-state index >= 15 is 0 Å². The molecule has 16 heteroatoms. The molecule has 5 atom stereocenters. The number of aromatic nitrogens is 2. The van der Waals surface area contributed by atoms with Crippen LogP contribution in [0.1, 0.15) is 138 Å². The first-order chi connectivity index (χ1) is 28.5. The smallest absolute Gasteiger partial charge is 0.311 e. The molecule has 3 rings (SSSR count). The number of H-pyrrole nitrogens is 1. The Morgan fingerprint density at radius 1 is 0.790 bits per heavy atom. The minimum absolute atomic E-state index is 0.0256. The van der Waals surface area contributed by atoms with Crippen LogP contribution >= 0.6 is 0 Å². The van der Waals surface area contributed by atoms with Gasteiger partial charge in [-0.2, -0.15) is 0 Å². The molecule has 0 saturated carbocycles. The lowest BCUT2D eigenvalue weighted by atomic mass is 9.93. The van der Waals surface area contributed by atoms with Crippen LogP contribution < -0.4 is 20.5 Å². The van der Waals surface area contributed by atoms with E-state index in [0.717, 1.165) is 23.2 Å². The highest BCUT2D eigenvalue weighted by molar-refractivity contribution is 5.78. The highest BCUT2D eigenvalue weighted by Gasteiger charge is 2.56. The number of aryl methyl sites for hydroxylation is 1. The average Bonchev–Trinajstić information content (AvgIpc) is 3.53. The molecule has 348 valence electrons. The number of benzene rings is 1. The van der Waals surface area contributed by atoms with Crippen molar-refractivity contribution in [2.45, 2.75) is 160 Å². The van der Waals surface area contributed by atoms with Crippen LogP contribution in [0.3, 0.4) is 0 Å². The quantitative estimate of drug-likeness (QED) is 0.0860. The minimum atomic E-state index is -1.51. The van der Waals surface area contributed by atoms with E-state index < -0.39 is 82.8 Å². The fraction of sp³-hybridized carbons (Fsp3) is 0.696. The zero-order valence-electron chi connectivity index (χ0n) is 39.6. The first-order valence-electron chi connectivity index (χ1n) is 21.4. The van der Waals surface area contributed by atoms with E-state index in [1.54, 1.807) is 83.1 Å². The van der Waals surface area contributed by atoms with E-state index in [9.17, 15) is 24.0 Å². The number of nitrogens with two attached hydrogens (primary N) is 1. The molecule has 62 heavy (non-hydrogen) atoms. The molecule has 1 fully saturated rings. The number of carbonyl (C=O) groups is 5. The zero-order chi connectivity index (χ0) is 47.0. The molecular weight excluding hydrogens is 801 g/mol. The summed E-state index contributed by atoms with van der Waals surface area (Å²) in [6.45, 7) is 27.3. The molecule has 0 bridgehead atoms. The first kappa shape index (κ1) is 51.6. The van der Waals surface area contributed by atoms with E-state index in [1.165, 1.54) is 0 Å². The Kier molecular flexibility index (Phi) is 17.6. The van der Waals surface area contributed by atoms with Crippen LogP contribution in [0.2, 0.25) is 0 Å². The SMILES string of the molecule is Cc1cc(OCCCNCCC(N)=O)ccc1Cc1c(O[C@@H]2O[C@H](COC(=O)C(C)(C)C)[C@@H](OC(=O)C(C)(C)C)[C@H](OC(=O)C(C)(C)C)[C@H]2OC(=O)C(C)(C)C)n[nH]c1C(C)C. The Bertz CT molecular complexity index is 1860. The van der Waals surface area contributed by atoms with E-state index in [2.05, 4.69) is 15.5 Å². The number of ether oxygens (including phenoxy) is 7. The van der Waals surface area contributed by atoms with Crippen molar-refractivity contribution in [3.8, 4) is 11.6 Å². The summed E-state index contributed by atoms with van der Waals surface area (Å²) in [7, 11) is 0. The van der Waals surface area contributed by atoms with Crippen molar-refractivity contribution in [1.29, 1.82) is 0 Å². The molecule has 1 aliphatic rings. The van der Waals surface area contributed by atoms with Gasteiger partial charge in [0.2, 0.25) is 24.2 Å². The number of carbonyl (C=O) groups excluding carboxylic acids is 5. The van der Waals surface area contributed by atoms with Gasteiger partial charge in [0, 0.05) is 30.6 Å². The second kappa shape index (κ2) is 21.1. The number of hydrogen-bond donors (Lipinski definition) is 3. The summed E-state index contributed by atoms with van der Waals surface area (Å²) in [5, 5.41) is 10.9. The predicted octanol–water partition coefficient (Wildman–Crippen LogP) is 6.23. The van der Waals surface area contributed by atoms with Crippen molar-refractivity contribution in [2.75, 3.05) is 26.3 Å². The molecule has 1 aliphatic heterocycles. The number of rotatable bonds is 18. The van der Waals surface area contributed by atoms with Crippen molar-refractivity contribution < 1.29 is 57.1 Å². The topological polar surface area (TPSA) is 217 Å². The number of aromatic amines is 1. The Hall–Kier alpha value is -4.70. The average molecular weight is 873 g/mol. The van der Waals surface area contributed by atoms with Gasteiger partial charge in [0.1, 0.15) is 18.5 Å². The molecule has 4 N–H and O–H groups in total. The maximum absolute atomic E-state index is 13.8. The fourth-order valence-corrected chi connectivity index (χ4v) is 5.87. The van der Waals surface area contributed by atoms with Gasteiger partial charge in [-0.1, -0.05) is 19.9 Å². The Morgan fingerprint density at radius 2 is 1.34 bits per heavy atom. The summed E-state index contributed by atoms with van der Waals surface area (Å²) < 4.78 is 43.4. The van der Waals surface area contributed by atoms with Crippen LogP contribution in [0.5, 0.6) is 11.6 Å². The summed E-state index contributed by atoms with van der Waals surface area (Å²) >= 11 is 0. The van der Waals surface area contributed by atoms with E-state index in [4.69, 9.17) is 38.9 Å². The number of esters is 4. The maximum Gasteiger partial charge on any atom is 0.311 e. The molecule has 0 spiro atoms. The van der Waals surface area contributed by atoms with Crippen LogP contribution in [-0.4, -0.2) is 97.0 Å². The van der Waals surface area contributed by atoms with Gasteiger partial charge < -0.3 is 44.2 Å². The summed E-state index contributed by atoms with van der Waals surface area (Å²) in [6, 6.07) is 5.81. The molecule has 0 radical (unpaired) electrons. The number of nitrogens with zero attached hydrogens (tertiary/aromatic N) is 1.